The average molecular weight is 190 g/mol. The minimum atomic E-state index is -1.42. The molecule has 0 aromatic rings. The van der Waals surface area contributed by atoms with Crippen LogP contribution in [0.1, 0.15) is 6.92 Å². The Morgan fingerprint density at radius 2 is 2.45 bits per heavy atom. The van der Waals surface area contributed by atoms with Crippen molar-refractivity contribution >= 4 is 28.4 Å². The van der Waals surface area contributed by atoms with Gasteiger partial charge in [0.2, 0.25) is 0 Å². The van der Waals surface area contributed by atoms with Crippen molar-refractivity contribution in [2.24, 2.45) is 4.99 Å². The predicted molar refractivity (Wildman–Crippen MR) is 44.4 cm³/mol. The van der Waals surface area contributed by atoms with Crippen molar-refractivity contribution in [1.29, 1.82) is 5.26 Å². The number of nitriles is 1. The van der Waals surface area contributed by atoms with Gasteiger partial charge in [-0.25, -0.2) is 4.99 Å². The van der Waals surface area contributed by atoms with Crippen molar-refractivity contribution in [2.45, 2.75) is 12.0 Å². The third-order valence-corrected chi connectivity index (χ3v) is 1.56. The first-order chi connectivity index (χ1) is 5.06. The summed E-state index contributed by atoms with van der Waals surface area (Å²) in [5.41, 5.74) is 0.724. The molecule has 0 spiro atoms. The Morgan fingerprint density at radius 3 is 2.91 bits per heavy atom. The summed E-state index contributed by atoms with van der Waals surface area (Å²) in [5, 5.41) is 10.0. The summed E-state index contributed by atoms with van der Waals surface area (Å²) in [6.45, 7) is 1.76. The molecule has 1 atom stereocenters. The molecule has 0 fully saturated rings. The van der Waals surface area contributed by atoms with Crippen LogP contribution in [0.2, 0.25) is 0 Å². The van der Waals surface area contributed by atoms with Crippen molar-refractivity contribution in [3.8, 4) is 6.07 Å². The van der Waals surface area contributed by atoms with Crippen LogP contribution >= 0.6 is 23.2 Å². The molecule has 0 aromatic heterocycles. The summed E-state index contributed by atoms with van der Waals surface area (Å²) in [6, 6.07) is 1.78. The molecule has 0 saturated carbocycles. The van der Waals surface area contributed by atoms with Crippen LogP contribution in [0, 0.1) is 11.3 Å². The first kappa shape index (κ1) is 8.38. The Balaban J connectivity index is 2.98. The second-order valence-corrected chi connectivity index (χ2v) is 3.06. The van der Waals surface area contributed by atoms with Crippen LogP contribution in [0.5, 0.6) is 0 Å². The third kappa shape index (κ3) is 1.86. The summed E-state index contributed by atoms with van der Waals surface area (Å²) in [4.78, 5) is 3.68. The van der Waals surface area contributed by atoms with Crippen LogP contribution in [-0.2, 0) is 0 Å². The lowest BCUT2D eigenvalue weighted by Crippen LogP contribution is -2.38. The fourth-order valence-corrected chi connectivity index (χ4v) is 1.31. The topological polar surface area (TPSA) is 48.2 Å². The molecule has 0 aliphatic carbocycles. The van der Waals surface area contributed by atoms with Crippen molar-refractivity contribution < 1.29 is 0 Å². The van der Waals surface area contributed by atoms with Gasteiger partial charge in [-0.3, -0.25) is 0 Å². The molecule has 1 aliphatic heterocycles. The lowest BCUT2D eigenvalue weighted by molar-refractivity contribution is 0.639. The highest BCUT2D eigenvalue weighted by molar-refractivity contribution is 6.68. The van der Waals surface area contributed by atoms with E-state index in [4.69, 9.17) is 28.5 Å². The molecule has 0 aromatic carbocycles. The number of nitrogens with one attached hydrogen (secondary N) is 1. The van der Waals surface area contributed by atoms with Gasteiger partial charge >= 0.3 is 0 Å². The molecule has 1 unspecified atom stereocenters. The van der Waals surface area contributed by atoms with E-state index in [1.54, 1.807) is 19.1 Å². The number of aliphatic imine (C=N–C) groups is 1. The second kappa shape index (κ2) is 2.72. The maximum Gasteiger partial charge on any atom is 0.297 e. The zero-order valence-corrected chi connectivity index (χ0v) is 7.24. The lowest BCUT2D eigenvalue weighted by Gasteiger charge is -2.21. The fourth-order valence-electron chi connectivity index (χ4n) is 0.736. The molecule has 0 saturated heterocycles. The number of hydrogen-bond donors (Lipinski definition) is 1. The van der Waals surface area contributed by atoms with E-state index in [-0.39, 0.29) is 5.17 Å². The molecule has 1 aliphatic rings. The van der Waals surface area contributed by atoms with Crippen molar-refractivity contribution in [3.63, 3.8) is 0 Å². The van der Waals surface area contributed by atoms with Crippen molar-refractivity contribution in [3.05, 3.63) is 11.8 Å². The van der Waals surface area contributed by atoms with Gasteiger partial charge in [-0.1, -0.05) is 23.2 Å². The summed E-state index contributed by atoms with van der Waals surface area (Å²) in [7, 11) is 0. The van der Waals surface area contributed by atoms with Crippen LogP contribution in [-0.4, -0.2) is 10.3 Å². The van der Waals surface area contributed by atoms with Gasteiger partial charge in [0, 0.05) is 5.70 Å². The molecule has 0 radical (unpaired) electrons. The van der Waals surface area contributed by atoms with Crippen molar-refractivity contribution in [2.75, 3.05) is 0 Å². The number of nitrogens with zero attached hydrogens (tertiary/aromatic N) is 2. The molecule has 1 heterocycles. The van der Waals surface area contributed by atoms with E-state index in [2.05, 4.69) is 10.3 Å². The molecule has 58 valence electrons. The van der Waals surface area contributed by atoms with Gasteiger partial charge in [0.15, 0.2) is 0 Å². The summed E-state index contributed by atoms with van der Waals surface area (Å²) in [5.74, 6) is 0. The average Bonchev–Trinajstić information content (AvgIpc) is 1.84. The summed E-state index contributed by atoms with van der Waals surface area (Å²) < 4.78 is 0. The van der Waals surface area contributed by atoms with Gasteiger partial charge in [-0.15, -0.1) is 0 Å². The van der Waals surface area contributed by atoms with Crippen LogP contribution in [0.25, 0.3) is 0 Å². The van der Waals surface area contributed by atoms with E-state index < -0.39 is 5.12 Å². The highest BCUT2D eigenvalue weighted by Gasteiger charge is 2.28. The third-order valence-electron chi connectivity index (χ3n) is 1.11. The Morgan fingerprint density at radius 1 is 1.82 bits per heavy atom. The number of allylic oxidation sites excluding steroid dienone is 2. The van der Waals surface area contributed by atoms with E-state index in [0.717, 1.165) is 5.70 Å². The highest BCUT2D eigenvalue weighted by Crippen LogP contribution is 2.19. The van der Waals surface area contributed by atoms with E-state index >= 15 is 0 Å². The molecule has 0 bridgehead atoms. The van der Waals surface area contributed by atoms with Crippen LogP contribution in [0.4, 0.5) is 0 Å². The minimum Gasteiger partial charge on any atom is -0.340 e. The zero-order valence-electron chi connectivity index (χ0n) is 5.73. The standard InChI is InChI=1S/C6H5Cl2N3/c1-4-2-5(7)11-6(8,3-9)10-4/h2,10H,1H3. The van der Waals surface area contributed by atoms with Crippen LogP contribution < -0.4 is 5.32 Å². The van der Waals surface area contributed by atoms with Gasteiger partial charge in [0.1, 0.15) is 11.2 Å². The fraction of sp³-hybridized carbons (Fsp3) is 0.333. The van der Waals surface area contributed by atoms with Crippen LogP contribution in [0.15, 0.2) is 16.8 Å². The van der Waals surface area contributed by atoms with Gasteiger partial charge in [-0.05, 0) is 13.0 Å². The molecule has 11 heavy (non-hydrogen) atoms. The van der Waals surface area contributed by atoms with E-state index in [9.17, 15) is 0 Å². The van der Waals surface area contributed by atoms with E-state index in [0.29, 0.717) is 0 Å². The molecule has 3 nitrogen and oxygen atoms in total. The molecular weight excluding hydrogens is 185 g/mol. The first-order valence-electron chi connectivity index (χ1n) is 2.88. The Hall–Kier alpha value is -0.720. The molecular formula is C6H5Cl2N3. The minimum absolute atomic E-state index is 0.234. The summed E-state index contributed by atoms with van der Waals surface area (Å²) in [6.07, 6.45) is 1.60. The number of rotatable bonds is 0. The predicted octanol–water partition coefficient (Wildman–Crippen LogP) is 1.55. The molecule has 0 amide bonds. The number of hydrogen-bond acceptors (Lipinski definition) is 3. The van der Waals surface area contributed by atoms with E-state index in [1.807, 2.05) is 0 Å². The SMILES string of the molecule is CC1=CC(Cl)=NC(Cl)(C#N)N1. The molecule has 1 N–H and O–H groups in total. The number of alkyl halides is 1. The quantitative estimate of drug-likeness (QED) is 0.465. The zero-order chi connectivity index (χ0) is 8.48. The highest BCUT2D eigenvalue weighted by atomic mass is 35.5. The monoisotopic (exact) mass is 189 g/mol. The normalized spacial score (nSPS) is 29.6. The Kier molecular flexibility index (Phi) is 2.08. The maximum absolute atomic E-state index is 8.55. The smallest absolute Gasteiger partial charge is 0.297 e. The summed E-state index contributed by atoms with van der Waals surface area (Å²) >= 11 is 11.2. The Bertz CT molecular complexity index is 276. The van der Waals surface area contributed by atoms with Gasteiger partial charge in [0.05, 0.1) is 0 Å². The van der Waals surface area contributed by atoms with Gasteiger partial charge in [-0.2, -0.15) is 5.26 Å². The van der Waals surface area contributed by atoms with Crippen LogP contribution in [0.3, 0.4) is 0 Å². The second-order valence-electron chi connectivity index (χ2n) is 2.12. The number of halogens is 2. The van der Waals surface area contributed by atoms with Gasteiger partial charge < -0.3 is 5.32 Å². The molecule has 1 rings (SSSR count). The largest absolute Gasteiger partial charge is 0.340 e. The lowest BCUT2D eigenvalue weighted by atomic mass is 10.3. The Labute approximate surface area is 74.3 Å². The van der Waals surface area contributed by atoms with Crippen molar-refractivity contribution in [1.82, 2.24) is 5.32 Å². The van der Waals surface area contributed by atoms with E-state index in [1.165, 1.54) is 0 Å². The van der Waals surface area contributed by atoms with Gasteiger partial charge in [0.25, 0.3) is 5.12 Å². The first-order valence-corrected chi connectivity index (χ1v) is 3.63. The molecule has 5 heteroatoms. The maximum atomic E-state index is 8.55.